The Labute approximate surface area is 141 Å². The first-order valence-electron chi connectivity index (χ1n) is 8.99. The van der Waals surface area contributed by atoms with Crippen LogP contribution in [-0.4, -0.2) is 60.8 Å². The number of rotatable bonds is 5. The van der Waals surface area contributed by atoms with Crippen molar-refractivity contribution in [2.24, 2.45) is 5.92 Å². The van der Waals surface area contributed by atoms with Gasteiger partial charge in [0, 0.05) is 37.2 Å². The summed E-state index contributed by atoms with van der Waals surface area (Å²) in [6.45, 7) is 13.4. The van der Waals surface area contributed by atoms with E-state index in [2.05, 4.69) is 50.3 Å². The van der Waals surface area contributed by atoms with Crippen LogP contribution in [0.3, 0.4) is 0 Å². The Morgan fingerprint density at radius 1 is 1.22 bits per heavy atom. The van der Waals surface area contributed by atoms with Gasteiger partial charge in [0.25, 0.3) is 0 Å². The highest BCUT2D eigenvalue weighted by Crippen LogP contribution is 2.34. The summed E-state index contributed by atoms with van der Waals surface area (Å²) in [5, 5.41) is 6.90. The number of nitrogens with zero attached hydrogens (tertiary/aromatic N) is 1. The molecule has 5 heteroatoms. The minimum Gasteiger partial charge on any atom is -0.375 e. The number of nitrogens with one attached hydrogen (secondary N) is 2. The van der Waals surface area contributed by atoms with E-state index in [0.717, 1.165) is 25.9 Å². The molecule has 23 heavy (non-hydrogen) atoms. The minimum atomic E-state index is 0.0914. The third-order valence-electron chi connectivity index (χ3n) is 4.92. The van der Waals surface area contributed by atoms with Crippen molar-refractivity contribution in [2.75, 3.05) is 26.7 Å². The molecule has 2 atom stereocenters. The molecule has 0 aromatic carbocycles. The number of likely N-dealkylation sites (N-methyl/N-ethyl adjacent to an activating group) is 1. The van der Waals surface area contributed by atoms with E-state index in [1.807, 2.05) is 6.92 Å². The lowest BCUT2D eigenvalue weighted by atomic mass is 9.74. The molecule has 0 aliphatic carbocycles. The molecule has 0 aromatic heterocycles. The molecule has 2 aliphatic heterocycles. The van der Waals surface area contributed by atoms with Gasteiger partial charge < -0.3 is 20.3 Å². The molecule has 2 rings (SSSR count). The van der Waals surface area contributed by atoms with E-state index in [0.29, 0.717) is 18.9 Å². The van der Waals surface area contributed by atoms with E-state index in [-0.39, 0.29) is 29.1 Å². The smallest absolute Gasteiger partial charge is 0.220 e. The number of likely N-dealkylation sites (tertiary alicyclic amines) is 1. The molecule has 5 nitrogen and oxygen atoms in total. The van der Waals surface area contributed by atoms with Crippen LogP contribution in [0, 0.1) is 5.92 Å². The SMILES string of the molecule is CCO[C@H]1CN(C)C[C@@H]1NC(=O)CC1CC(C)(C)NC(C)(C)C1. The number of piperidine rings is 1. The fourth-order valence-electron chi connectivity index (χ4n) is 4.69. The number of ether oxygens (including phenoxy) is 1. The largest absolute Gasteiger partial charge is 0.375 e. The average molecular weight is 325 g/mol. The average Bonchev–Trinajstić information content (AvgIpc) is 2.65. The summed E-state index contributed by atoms with van der Waals surface area (Å²) in [6, 6.07) is 0.121. The highest BCUT2D eigenvalue weighted by Gasteiger charge is 2.39. The van der Waals surface area contributed by atoms with E-state index >= 15 is 0 Å². The van der Waals surface area contributed by atoms with Crippen molar-refractivity contribution in [3.05, 3.63) is 0 Å². The summed E-state index contributed by atoms with van der Waals surface area (Å²) in [4.78, 5) is 14.8. The van der Waals surface area contributed by atoms with Crippen LogP contribution < -0.4 is 10.6 Å². The Morgan fingerprint density at radius 2 is 1.83 bits per heavy atom. The second kappa shape index (κ2) is 7.08. The number of hydrogen-bond donors (Lipinski definition) is 2. The van der Waals surface area contributed by atoms with E-state index < -0.39 is 0 Å². The highest BCUT2D eigenvalue weighted by atomic mass is 16.5. The van der Waals surface area contributed by atoms with Gasteiger partial charge in [-0.2, -0.15) is 0 Å². The highest BCUT2D eigenvalue weighted by molar-refractivity contribution is 5.76. The molecule has 0 unspecified atom stereocenters. The quantitative estimate of drug-likeness (QED) is 0.809. The molecule has 1 amide bonds. The fraction of sp³-hybridized carbons (Fsp3) is 0.944. The Bertz CT molecular complexity index is 406. The number of amides is 1. The van der Waals surface area contributed by atoms with Crippen LogP contribution in [0.4, 0.5) is 0 Å². The van der Waals surface area contributed by atoms with Gasteiger partial charge in [-0.1, -0.05) is 0 Å². The molecule has 2 N–H and O–H groups in total. The van der Waals surface area contributed by atoms with Gasteiger partial charge in [0.05, 0.1) is 12.1 Å². The van der Waals surface area contributed by atoms with E-state index in [4.69, 9.17) is 4.74 Å². The van der Waals surface area contributed by atoms with Gasteiger partial charge in [-0.15, -0.1) is 0 Å². The normalized spacial score (nSPS) is 31.2. The zero-order valence-electron chi connectivity index (χ0n) is 15.7. The molecule has 0 spiro atoms. The predicted octanol–water partition coefficient (Wildman–Crippen LogP) is 1.77. The summed E-state index contributed by atoms with van der Waals surface area (Å²) >= 11 is 0. The van der Waals surface area contributed by atoms with Crippen LogP contribution in [0.25, 0.3) is 0 Å². The lowest BCUT2D eigenvalue weighted by Crippen LogP contribution is -2.58. The Kier molecular flexibility index (Phi) is 5.75. The monoisotopic (exact) mass is 325 g/mol. The van der Waals surface area contributed by atoms with Crippen molar-refractivity contribution in [3.8, 4) is 0 Å². The van der Waals surface area contributed by atoms with Gasteiger partial charge in [-0.3, -0.25) is 4.79 Å². The van der Waals surface area contributed by atoms with Crippen molar-refractivity contribution in [1.82, 2.24) is 15.5 Å². The molecule has 2 aliphatic rings. The first kappa shape index (κ1) is 18.7. The van der Waals surface area contributed by atoms with Gasteiger partial charge in [-0.05, 0) is 60.4 Å². The summed E-state index contributed by atoms with van der Waals surface area (Å²) in [6.07, 6.45) is 2.83. The van der Waals surface area contributed by atoms with Crippen LogP contribution in [-0.2, 0) is 9.53 Å². The van der Waals surface area contributed by atoms with Crippen LogP contribution in [0.5, 0.6) is 0 Å². The van der Waals surface area contributed by atoms with Crippen LogP contribution >= 0.6 is 0 Å². The maximum Gasteiger partial charge on any atom is 0.220 e. The van der Waals surface area contributed by atoms with E-state index in [9.17, 15) is 4.79 Å². The molecule has 2 fully saturated rings. The van der Waals surface area contributed by atoms with Crippen LogP contribution in [0.1, 0.15) is 53.9 Å². The fourth-order valence-corrected chi connectivity index (χ4v) is 4.69. The molecule has 0 aromatic rings. The molecular weight excluding hydrogens is 290 g/mol. The van der Waals surface area contributed by atoms with Crippen molar-refractivity contribution >= 4 is 5.91 Å². The number of carbonyl (C=O) groups is 1. The van der Waals surface area contributed by atoms with E-state index in [1.165, 1.54) is 0 Å². The number of hydrogen-bond acceptors (Lipinski definition) is 4. The van der Waals surface area contributed by atoms with Crippen molar-refractivity contribution in [3.63, 3.8) is 0 Å². The first-order chi connectivity index (χ1) is 10.6. The first-order valence-corrected chi connectivity index (χ1v) is 8.99. The predicted molar refractivity (Wildman–Crippen MR) is 93.5 cm³/mol. The molecule has 2 saturated heterocycles. The maximum atomic E-state index is 12.5. The van der Waals surface area contributed by atoms with Crippen molar-refractivity contribution in [1.29, 1.82) is 0 Å². The lowest BCUT2D eigenvalue weighted by Gasteiger charge is -2.46. The maximum absolute atomic E-state index is 12.5. The molecule has 0 saturated carbocycles. The summed E-state index contributed by atoms with van der Waals surface area (Å²) < 4.78 is 5.78. The molecular formula is C18H35N3O2. The van der Waals surface area contributed by atoms with Gasteiger partial charge in [0.2, 0.25) is 5.91 Å². The molecule has 134 valence electrons. The summed E-state index contributed by atoms with van der Waals surface area (Å²) in [5.41, 5.74) is 0.183. The van der Waals surface area contributed by atoms with Gasteiger partial charge >= 0.3 is 0 Å². The Balaban J connectivity index is 1.89. The van der Waals surface area contributed by atoms with Gasteiger partial charge in [0.15, 0.2) is 0 Å². The Morgan fingerprint density at radius 3 is 2.39 bits per heavy atom. The number of carbonyl (C=O) groups excluding carboxylic acids is 1. The second-order valence-corrected chi connectivity index (χ2v) is 8.76. The van der Waals surface area contributed by atoms with Gasteiger partial charge in [-0.25, -0.2) is 0 Å². The summed E-state index contributed by atoms with van der Waals surface area (Å²) in [5.74, 6) is 0.611. The zero-order chi connectivity index (χ0) is 17.3. The second-order valence-electron chi connectivity index (χ2n) is 8.76. The summed E-state index contributed by atoms with van der Waals surface area (Å²) in [7, 11) is 2.08. The topological polar surface area (TPSA) is 53.6 Å². The van der Waals surface area contributed by atoms with Crippen LogP contribution in [0.2, 0.25) is 0 Å². The minimum absolute atomic E-state index is 0.0914. The zero-order valence-corrected chi connectivity index (χ0v) is 15.7. The molecule has 2 heterocycles. The third-order valence-corrected chi connectivity index (χ3v) is 4.92. The van der Waals surface area contributed by atoms with E-state index in [1.54, 1.807) is 0 Å². The standard InChI is InChI=1S/C18H35N3O2/c1-7-23-15-12-21(6)11-14(15)19-16(22)8-13-9-17(2,3)20-18(4,5)10-13/h13-15,20H,7-12H2,1-6H3,(H,19,22)/t14-,15-/m0/s1. The molecule has 0 bridgehead atoms. The lowest BCUT2D eigenvalue weighted by molar-refractivity contribution is -0.124. The Hall–Kier alpha value is -0.650. The third kappa shape index (κ3) is 5.44. The van der Waals surface area contributed by atoms with Crippen LogP contribution in [0.15, 0.2) is 0 Å². The molecule has 0 radical (unpaired) electrons. The van der Waals surface area contributed by atoms with Crippen molar-refractivity contribution in [2.45, 2.75) is 77.1 Å². The van der Waals surface area contributed by atoms with Crippen molar-refractivity contribution < 1.29 is 9.53 Å². The van der Waals surface area contributed by atoms with Gasteiger partial charge in [0.1, 0.15) is 0 Å².